The summed E-state index contributed by atoms with van der Waals surface area (Å²) in [6.45, 7) is 14.1. The van der Waals surface area contributed by atoms with Crippen molar-refractivity contribution in [3.63, 3.8) is 0 Å². The molecule has 0 rings (SSSR count). The number of rotatable bonds is 9. The predicted octanol–water partition coefficient (Wildman–Crippen LogP) is 4.25. The number of carbonyl (C=O) groups is 1. The zero-order valence-corrected chi connectivity index (χ0v) is 13.3. The lowest BCUT2D eigenvalue weighted by molar-refractivity contribution is -0.126. The van der Waals surface area contributed by atoms with Crippen molar-refractivity contribution in [2.24, 2.45) is 23.7 Å². The van der Waals surface area contributed by atoms with E-state index in [1.807, 2.05) is 0 Å². The van der Waals surface area contributed by atoms with Crippen molar-refractivity contribution in [3.05, 3.63) is 0 Å². The van der Waals surface area contributed by atoms with Crippen LogP contribution in [0.5, 0.6) is 0 Å². The Morgan fingerprint density at radius 2 is 1.67 bits per heavy atom. The van der Waals surface area contributed by atoms with Crippen molar-refractivity contribution < 1.29 is 4.79 Å². The molecule has 0 aliphatic rings. The highest BCUT2D eigenvalue weighted by atomic mass is 16.1. The normalized spacial score (nSPS) is 16.4. The minimum absolute atomic E-state index is 0.129. The zero-order valence-electron chi connectivity index (χ0n) is 13.3. The molecular weight excluding hydrogens is 222 g/mol. The first-order valence-electron chi connectivity index (χ1n) is 7.67. The standard InChI is InChI=1S/C16H33NO/c1-7-8-11-17-16(18)15(6)14(5)13(4)10-9-12(2)3/h12-15H,7-11H2,1-6H3,(H,17,18). The first-order chi connectivity index (χ1) is 8.40. The Bertz CT molecular complexity index is 225. The van der Waals surface area contributed by atoms with E-state index in [2.05, 4.69) is 46.9 Å². The maximum atomic E-state index is 12.0. The predicted molar refractivity (Wildman–Crippen MR) is 79.5 cm³/mol. The summed E-state index contributed by atoms with van der Waals surface area (Å²) >= 11 is 0. The van der Waals surface area contributed by atoms with Gasteiger partial charge in [-0.1, -0.05) is 60.8 Å². The maximum Gasteiger partial charge on any atom is 0.223 e. The number of amides is 1. The third kappa shape index (κ3) is 7.03. The van der Waals surface area contributed by atoms with Gasteiger partial charge in [-0.15, -0.1) is 0 Å². The van der Waals surface area contributed by atoms with Crippen molar-refractivity contribution >= 4 is 5.91 Å². The van der Waals surface area contributed by atoms with Gasteiger partial charge in [0.25, 0.3) is 0 Å². The summed E-state index contributed by atoms with van der Waals surface area (Å²) in [5.41, 5.74) is 0. The number of nitrogens with one attached hydrogen (secondary N) is 1. The van der Waals surface area contributed by atoms with Gasteiger partial charge >= 0.3 is 0 Å². The molecule has 0 spiro atoms. The van der Waals surface area contributed by atoms with Gasteiger partial charge in [-0.3, -0.25) is 4.79 Å². The molecule has 0 radical (unpaired) electrons. The lowest BCUT2D eigenvalue weighted by Gasteiger charge is -2.26. The molecular formula is C16H33NO. The Kier molecular flexibility index (Phi) is 9.13. The Balaban J connectivity index is 4.05. The molecule has 1 N–H and O–H groups in total. The number of hydrogen-bond acceptors (Lipinski definition) is 1. The quantitative estimate of drug-likeness (QED) is 0.613. The average Bonchev–Trinajstić information content (AvgIpc) is 2.34. The van der Waals surface area contributed by atoms with Crippen molar-refractivity contribution in [1.29, 1.82) is 0 Å². The van der Waals surface area contributed by atoms with E-state index in [0.29, 0.717) is 11.8 Å². The van der Waals surface area contributed by atoms with E-state index in [-0.39, 0.29) is 11.8 Å². The summed E-state index contributed by atoms with van der Waals surface area (Å²) in [5.74, 6) is 2.20. The Labute approximate surface area is 114 Å². The third-order valence-electron chi connectivity index (χ3n) is 4.13. The Hall–Kier alpha value is -0.530. The molecule has 3 atom stereocenters. The molecule has 0 heterocycles. The SMILES string of the molecule is CCCCNC(=O)C(C)C(C)C(C)CCC(C)C. The number of unbranched alkanes of at least 4 members (excludes halogenated alkanes) is 1. The van der Waals surface area contributed by atoms with E-state index in [1.54, 1.807) is 0 Å². The monoisotopic (exact) mass is 255 g/mol. The molecule has 108 valence electrons. The average molecular weight is 255 g/mol. The molecule has 0 aliphatic carbocycles. The minimum atomic E-state index is 0.129. The van der Waals surface area contributed by atoms with Gasteiger partial charge in [0.2, 0.25) is 5.91 Å². The maximum absolute atomic E-state index is 12.0. The molecule has 2 heteroatoms. The highest BCUT2D eigenvalue weighted by molar-refractivity contribution is 5.78. The number of hydrogen-bond donors (Lipinski definition) is 1. The van der Waals surface area contributed by atoms with Crippen LogP contribution in [-0.2, 0) is 4.79 Å². The number of carbonyl (C=O) groups excluding carboxylic acids is 1. The van der Waals surface area contributed by atoms with E-state index in [4.69, 9.17) is 0 Å². The summed E-state index contributed by atoms with van der Waals surface area (Å²) in [6.07, 6.45) is 4.70. The van der Waals surface area contributed by atoms with Gasteiger partial charge in [-0.05, 0) is 24.2 Å². The van der Waals surface area contributed by atoms with Crippen LogP contribution in [0.1, 0.15) is 67.2 Å². The van der Waals surface area contributed by atoms with Crippen LogP contribution in [0, 0.1) is 23.7 Å². The summed E-state index contributed by atoms with van der Waals surface area (Å²) in [6, 6.07) is 0. The van der Waals surface area contributed by atoms with Crippen LogP contribution in [0.2, 0.25) is 0 Å². The molecule has 0 saturated carbocycles. The van der Waals surface area contributed by atoms with Crippen LogP contribution in [0.4, 0.5) is 0 Å². The molecule has 0 fully saturated rings. The lowest BCUT2D eigenvalue weighted by Crippen LogP contribution is -2.35. The molecule has 0 aromatic carbocycles. The molecule has 0 aromatic heterocycles. The van der Waals surface area contributed by atoms with Crippen molar-refractivity contribution in [2.75, 3.05) is 6.54 Å². The van der Waals surface area contributed by atoms with Gasteiger partial charge in [-0.2, -0.15) is 0 Å². The molecule has 0 aromatic rings. The minimum Gasteiger partial charge on any atom is -0.356 e. The Morgan fingerprint density at radius 1 is 1.06 bits per heavy atom. The van der Waals surface area contributed by atoms with Crippen LogP contribution >= 0.6 is 0 Å². The lowest BCUT2D eigenvalue weighted by atomic mass is 9.81. The smallest absolute Gasteiger partial charge is 0.223 e. The molecule has 0 saturated heterocycles. The molecule has 0 aliphatic heterocycles. The summed E-state index contributed by atoms with van der Waals surface area (Å²) in [4.78, 5) is 12.0. The zero-order chi connectivity index (χ0) is 14.1. The van der Waals surface area contributed by atoms with Crippen molar-refractivity contribution in [2.45, 2.75) is 67.2 Å². The first kappa shape index (κ1) is 17.5. The van der Waals surface area contributed by atoms with Crippen LogP contribution in [0.25, 0.3) is 0 Å². The van der Waals surface area contributed by atoms with Gasteiger partial charge in [0.15, 0.2) is 0 Å². The second-order valence-electron chi connectivity index (χ2n) is 6.24. The van der Waals surface area contributed by atoms with Crippen molar-refractivity contribution in [3.8, 4) is 0 Å². The van der Waals surface area contributed by atoms with Gasteiger partial charge in [0, 0.05) is 12.5 Å². The van der Waals surface area contributed by atoms with E-state index in [0.717, 1.165) is 25.3 Å². The molecule has 1 amide bonds. The highest BCUT2D eigenvalue weighted by Gasteiger charge is 2.24. The first-order valence-corrected chi connectivity index (χ1v) is 7.67. The van der Waals surface area contributed by atoms with E-state index in [1.165, 1.54) is 12.8 Å². The summed E-state index contributed by atoms with van der Waals surface area (Å²) in [5, 5.41) is 3.05. The highest BCUT2D eigenvalue weighted by Crippen LogP contribution is 2.26. The van der Waals surface area contributed by atoms with E-state index in [9.17, 15) is 4.79 Å². The van der Waals surface area contributed by atoms with Crippen LogP contribution in [-0.4, -0.2) is 12.5 Å². The van der Waals surface area contributed by atoms with Crippen molar-refractivity contribution in [1.82, 2.24) is 5.32 Å². The van der Waals surface area contributed by atoms with Crippen LogP contribution < -0.4 is 5.32 Å². The third-order valence-corrected chi connectivity index (χ3v) is 4.13. The fourth-order valence-corrected chi connectivity index (χ4v) is 2.14. The second kappa shape index (κ2) is 9.41. The topological polar surface area (TPSA) is 29.1 Å². The second-order valence-corrected chi connectivity index (χ2v) is 6.24. The summed E-state index contributed by atoms with van der Waals surface area (Å²) < 4.78 is 0. The molecule has 18 heavy (non-hydrogen) atoms. The fraction of sp³-hybridized carbons (Fsp3) is 0.938. The van der Waals surface area contributed by atoms with Gasteiger partial charge in [0.05, 0.1) is 0 Å². The Morgan fingerprint density at radius 3 is 2.17 bits per heavy atom. The largest absolute Gasteiger partial charge is 0.356 e. The van der Waals surface area contributed by atoms with Gasteiger partial charge < -0.3 is 5.32 Å². The summed E-state index contributed by atoms with van der Waals surface area (Å²) in [7, 11) is 0. The van der Waals surface area contributed by atoms with E-state index < -0.39 is 0 Å². The van der Waals surface area contributed by atoms with Gasteiger partial charge in [-0.25, -0.2) is 0 Å². The molecule has 2 nitrogen and oxygen atoms in total. The molecule has 3 unspecified atom stereocenters. The van der Waals surface area contributed by atoms with E-state index >= 15 is 0 Å². The fourth-order valence-electron chi connectivity index (χ4n) is 2.14. The molecule has 0 bridgehead atoms. The van der Waals surface area contributed by atoms with Gasteiger partial charge in [0.1, 0.15) is 0 Å². The van der Waals surface area contributed by atoms with Crippen LogP contribution in [0.15, 0.2) is 0 Å². The van der Waals surface area contributed by atoms with Crippen LogP contribution in [0.3, 0.4) is 0 Å².